The third-order valence-electron chi connectivity index (χ3n) is 1.06. The first-order valence-corrected chi connectivity index (χ1v) is 4.76. The van der Waals surface area contributed by atoms with E-state index in [-0.39, 0.29) is 0 Å². The normalized spacial score (nSPS) is 13.7. The van der Waals surface area contributed by atoms with Crippen LogP contribution in [0.3, 0.4) is 0 Å². The van der Waals surface area contributed by atoms with Crippen molar-refractivity contribution in [2.24, 2.45) is 0 Å². The van der Waals surface area contributed by atoms with Crippen molar-refractivity contribution >= 4 is 19.3 Å². The number of ketones is 1. The van der Waals surface area contributed by atoms with E-state index in [0.717, 1.165) is 13.8 Å². The van der Waals surface area contributed by atoms with Gasteiger partial charge < -0.3 is 15.1 Å². The van der Waals surface area contributed by atoms with Crippen LogP contribution in [-0.4, -0.2) is 27.3 Å². The lowest BCUT2D eigenvalue weighted by Crippen LogP contribution is -2.38. The summed E-state index contributed by atoms with van der Waals surface area (Å²) in [5, 5.41) is 1.87. The average Bonchev–Trinajstić information content (AvgIpc) is 1.79. The number of carbonyl (C=O) groups excluding carboxylic acids is 2. The molecule has 0 aromatic rings. The van der Waals surface area contributed by atoms with Gasteiger partial charge in [0.1, 0.15) is 0 Å². The van der Waals surface area contributed by atoms with Crippen molar-refractivity contribution in [2.45, 2.75) is 19.6 Å². The summed E-state index contributed by atoms with van der Waals surface area (Å²) in [5.41, 5.74) is 0. The van der Waals surface area contributed by atoms with Gasteiger partial charge in [-0.3, -0.25) is 14.2 Å². The van der Waals surface area contributed by atoms with Crippen LogP contribution in [0.4, 0.5) is 0 Å². The number of nitrogens with one attached hydrogen (secondary N) is 1. The molecule has 0 rings (SSSR count). The van der Waals surface area contributed by atoms with E-state index in [0.29, 0.717) is 0 Å². The van der Waals surface area contributed by atoms with Crippen molar-refractivity contribution in [3.05, 3.63) is 0 Å². The van der Waals surface area contributed by atoms with Crippen LogP contribution >= 0.6 is 7.60 Å². The molecule has 0 spiro atoms. The average molecular weight is 195 g/mol. The highest BCUT2D eigenvalue weighted by Gasteiger charge is 2.33. The van der Waals surface area contributed by atoms with Crippen LogP contribution in [0, 0.1) is 0 Å². The van der Waals surface area contributed by atoms with Crippen molar-refractivity contribution in [3.8, 4) is 0 Å². The number of Topliss-reactive ketones (excluding diaryl/α,β-unsaturated/α-hetero) is 1. The maximum absolute atomic E-state index is 10.6. The summed E-state index contributed by atoms with van der Waals surface area (Å²) in [6, 6.07) is 0. The molecule has 0 aliphatic carbocycles. The molecule has 6 nitrogen and oxygen atoms in total. The Morgan fingerprint density at radius 3 is 1.83 bits per heavy atom. The number of amides is 1. The topological polar surface area (TPSA) is 104 Å². The molecule has 0 aliphatic heterocycles. The van der Waals surface area contributed by atoms with Gasteiger partial charge in [0.05, 0.1) is 0 Å². The Bertz CT molecular complexity index is 244. The lowest BCUT2D eigenvalue weighted by atomic mass is 10.4. The number of hydrogen-bond donors (Lipinski definition) is 3. The van der Waals surface area contributed by atoms with E-state index < -0.39 is 25.1 Å². The Labute approximate surface area is 69.1 Å². The summed E-state index contributed by atoms with van der Waals surface area (Å²) in [7, 11) is -4.57. The molecule has 1 unspecified atom stereocenters. The second kappa shape index (κ2) is 3.80. The van der Waals surface area contributed by atoms with Crippen LogP contribution in [0.5, 0.6) is 0 Å². The molecule has 70 valence electrons. The second-order valence-corrected chi connectivity index (χ2v) is 4.00. The third kappa shape index (κ3) is 3.61. The van der Waals surface area contributed by atoms with Crippen molar-refractivity contribution in [1.82, 2.24) is 5.32 Å². The van der Waals surface area contributed by atoms with Crippen molar-refractivity contribution < 1.29 is 23.9 Å². The molecular formula is C5H10NO5P. The Kier molecular flexibility index (Phi) is 3.57. The van der Waals surface area contributed by atoms with E-state index in [4.69, 9.17) is 9.79 Å². The predicted molar refractivity (Wildman–Crippen MR) is 40.3 cm³/mol. The summed E-state index contributed by atoms with van der Waals surface area (Å²) in [6.45, 7) is 2.07. The van der Waals surface area contributed by atoms with Gasteiger partial charge in [-0.15, -0.1) is 0 Å². The van der Waals surface area contributed by atoms with Gasteiger partial charge in [-0.05, 0) is 6.92 Å². The van der Waals surface area contributed by atoms with Crippen LogP contribution in [0.25, 0.3) is 0 Å². The van der Waals surface area contributed by atoms with Gasteiger partial charge in [-0.2, -0.15) is 0 Å². The smallest absolute Gasteiger partial charge is 0.336 e. The van der Waals surface area contributed by atoms with Gasteiger partial charge in [0, 0.05) is 6.92 Å². The van der Waals surface area contributed by atoms with Crippen LogP contribution in [0.2, 0.25) is 0 Å². The summed E-state index contributed by atoms with van der Waals surface area (Å²) < 4.78 is 10.6. The summed E-state index contributed by atoms with van der Waals surface area (Å²) in [4.78, 5) is 38.2. The molecule has 3 N–H and O–H groups in total. The fourth-order valence-electron chi connectivity index (χ4n) is 0.615. The molecule has 0 saturated heterocycles. The quantitative estimate of drug-likeness (QED) is 0.512. The van der Waals surface area contributed by atoms with Crippen molar-refractivity contribution in [1.29, 1.82) is 0 Å². The van der Waals surface area contributed by atoms with E-state index in [2.05, 4.69) is 0 Å². The molecule has 0 heterocycles. The maximum atomic E-state index is 10.6. The molecule has 0 bridgehead atoms. The predicted octanol–water partition coefficient (Wildman–Crippen LogP) is -0.785. The molecule has 7 heteroatoms. The van der Waals surface area contributed by atoms with Crippen LogP contribution < -0.4 is 5.32 Å². The highest BCUT2D eigenvalue weighted by atomic mass is 31.2. The fraction of sp³-hybridized carbons (Fsp3) is 0.600. The van der Waals surface area contributed by atoms with E-state index in [9.17, 15) is 14.2 Å². The van der Waals surface area contributed by atoms with Crippen molar-refractivity contribution in [3.63, 3.8) is 0 Å². The summed E-state index contributed by atoms with van der Waals surface area (Å²) >= 11 is 0. The molecule has 0 radical (unpaired) electrons. The van der Waals surface area contributed by atoms with E-state index >= 15 is 0 Å². The molecule has 0 fully saturated rings. The highest BCUT2D eigenvalue weighted by Crippen LogP contribution is 2.39. The molecular weight excluding hydrogens is 185 g/mol. The largest absolute Gasteiger partial charge is 0.355 e. The highest BCUT2D eigenvalue weighted by molar-refractivity contribution is 7.53. The molecule has 0 aromatic carbocycles. The Morgan fingerprint density at radius 1 is 1.33 bits per heavy atom. The van der Waals surface area contributed by atoms with E-state index in [1.807, 2.05) is 5.32 Å². The zero-order valence-corrected chi connectivity index (χ0v) is 7.54. The molecule has 0 aromatic heterocycles. The lowest BCUT2D eigenvalue weighted by Gasteiger charge is -2.15. The minimum Gasteiger partial charge on any atom is -0.336 e. The van der Waals surface area contributed by atoms with Crippen LogP contribution in [0.1, 0.15) is 13.8 Å². The Balaban J connectivity index is 4.58. The SMILES string of the molecule is CC(=O)NC(C(C)=O)P(=O)(O)O. The van der Waals surface area contributed by atoms with Gasteiger partial charge in [0.2, 0.25) is 5.91 Å². The molecule has 12 heavy (non-hydrogen) atoms. The van der Waals surface area contributed by atoms with E-state index in [1.165, 1.54) is 0 Å². The molecule has 1 atom stereocenters. The Hall–Kier alpha value is -0.710. The third-order valence-corrected chi connectivity index (χ3v) is 2.23. The van der Waals surface area contributed by atoms with Gasteiger partial charge >= 0.3 is 7.60 Å². The number of carbonyl (C=O) groups is 2. The zero-order valence-electron chi connectivity index (χ0n) is 6.64. The molecule has 0 aliphatic rings. The zero-order chi connectivity index (χ0) is 9.94. The van der Waals surface area contributed by atoms with E-state index in [1.54, 1.807) is 0 Å². The van der Waals surface area contributed by atoms with Crippen LogP contribution in [-0.2, 0) is 14.2 Å². The standard InChI is InChI=1S/C5H10NO5P/c1-3(7)5(6-4(2)8)12(9,10)11/h5H,1-2H3,(H,6,8)(H2,9,10,11). The van der Waals surface area contributed by atoms with Gasteiger partial charge in [0.25, 0.3) is 0 Å². The monoisotopic (exact) mass is 195 g/mol. The van der Waals surface area contributed by atoms with Crippen LogP contribution in [0.15, 0.2) is 0 Å². The van der Waals surface area contributed by atoms with Gasteiger partial charge in [0.15, 0.2) is 11.6 Å². The maximum Gasteiger partial charge on any atom is 0.355 e. The second-order valence-electron chi connectivity index (χ2n) is 2.30. The van der Waals surface area contributed by atoms with Crippen molar-refractivity contribution in [2.75, 3.05) is 0 Å². The Morgan fingerprint density at radius 2 is 1.75 bits per heavy atom. The minimum atomic E-state index is -4.57. The minimum absolute atomic E-state index is 0.654. The fourth-order valence-corrected chi connectivity index (χ4v) is 1.44. The number of rotatable bonds is 3. The molecule has 0 saturated carbocycles. The summed E-state index contributed by atoms with van der Waals surface area (Å²) in [5.74, 6) is -3.13. The van der Waals surface area contributed by atoms with Gasteiger partial charge in [-0.25, -0.2) is 0 Å². The summed E-state index contributed by atoms with van der Waals surface area (Å²) in [6.07, 6.45) is 0. The first kappa shape index (κ1) is 11.3. The molecule has 1 amide bonds. The van der Waals surface area contributed by atoms with Gasteiger partial charge in [-0.1, -0.05) is 0 Å². The first-order chi connectivity index (χ1) is 5.25. The number of hydrogen-bond acceptors (Lipinski definition) is 3. The lowest BCUT2D eigenvalue weighted by molar-refractivity contribution is -0.124. The first-order valence-electron chi connectivity index (χ1n) is 3.08.